The van der Waals surface area contributed by atoms with Crippen molar-refractivity contribution in [3.8, 4) is 34.1 Å². The summed E-state index contributed by atoms with van der Waals surface area (Å²) in [6, 6.07) is 30.4. The van der Waals surface area contributed by atoms with Crippen LogP contribution in [-0.2, 0) is 15.8 Å². The molecule has 0 radical (unpaired) electrons. The van der Waals surface area contributed by atoms with Crippen LogP contribution in [0.1, 0.15) is 48.6 Å². The van der Waals surface area contributed by atoms with Gasteiger partial charge in [-0.25, -0.2) is 4.79 Å². The molecule has 1 aliphatic heterocycles. The molecule has 0 aromatic heterocycles. The monoisotopic (exact) mass is 667 g/mol. The number of ether oxygens (including phenoxy) is 5. The van der Waals surface area contributed by atoms with E-state index >= 15 is 0 Å². The second-order valence-corrected chi connectivity index (χ2v) is 13.3. The van der Waals surface area contributed by atoms with Crippen LogP contribution in [0.2, 0.25) is 0 Å². The second-order valence-electron chi connectivity index (χ2n) is 13.3. The fourth-order valence-electron chi connectivity index (χ4n) is 7.32. The van der Waals surface area contributed by atoms with Crippen LogP contribution in [-0.4, -0.2) is 40.1 Å². The van der Waals surface area contributed by atoms with E-state index in [0.717, 1.165) is 38.8 Å². The Hall–Kier alpha value is -5.53. The lowest BCUT2D eigenvalue weighted by Crippen LogP contribution is -2.35. The molecule has 1 unspecified atom stereocenters. The largest absolute Gasteiger partial charge is 0.493 e. The van der Waals surface area contributed by atoms with E-state index < -0.39 is 11.7 Å². The molecule has 0 spiro atoms. The fourth-order valence-corrected chi connectivity index (χ4v) is 7.32. The van der Waals surface area contributed by atoms with Gasteiger partial charge in [-0.05, 0) is 64.9 Å². The zero-order chi connectivity index (χ0) is 35.0. The molecule has 0 bridgehead atoms. The Kier molecular flexibility index (Phi) is 8.62. The van der Waals surface area contributed by atoms with Crippen LogP contribution in [0.25, 0.3) is 28.0 Å². The fraction of sp³-hybridized carbons (Fsp3) is 0.233. The number of amides is 1. The van der Waals surface area contributed by atoms with E-state index in [1.165, 1.54) is 22.3 Å². The van der Waals surface area contributed by atoms with Gasteiger partial charge in [0.25, 0.3) is 0 Å². The standard InChI is InChI=1S/C43H41NO6/c1-27(2)26-48-23-22-44-41(45)49-30-18-16-29(17-19-30)43(28-12-8-7-9-13-28)21-20-32-39-38(31-14-10-11-15-35(31)42(39,3)4)33-24-36(46-5)37(47-6)25-34(33)40(32)50-43/h7-21,24-25H,1,22-23,26H2,2-6H3,(H,44,45). The molecule has 1 aliphatic carbocycles. The van der Waals surface area contributed by atoms with Crippen LogP contribution >= 0.6 is 0 Å². The topological polar surface area (TPSA) is 75.3 Å². The maximum Gasteiger partial charge on any atom is 0.412 e. The minimum Gasteiger partial charge on any atom is -0.493 e. The van der Waals surface area contributed by atoms with Crippen LogP contribution in [0, 0.1) is 0 Å². The Labute approximate surface area is 293 Å². The van der Waals surface area contributed by atoms with Gasteiger partial charge in [0.1, 0.15) is 11.5 Å². The normalized spacial score (nSPS) is 16.5. The molecule has 1 atom stereocenters. The third kappa shape index (κ3) is 5.57. The minimum absolute atomic E-state index is 0.284. The number of fused-ring (bicyclic) bond motifs is 8. The molecule has 7 rings (SSSR count). The number of methoxy groups -OCH3 is 2. The number of hydrogen-bond acceptors (Lipinski definition) is 6. The number of benzene rings is 5. The van der Waals surface area contributed by atoms with E-state index in [1.807, 2.05) is 43.3 Å². The first kappa shape index (κ1) is 33.0. The maximum atomic E-state index is 12.5. The zero-order valence-electron chi connectivity index (χ0n) is 29.1. The van der Waals surface area contributed by atoms with Crippen LogP contribution in [0.5, 0.6) is 23.0 Å². The quantitative estimate of drug-likeness (QED) is 0.118. The van der Waals surface area contributed by atoms with Crippen molar-refractivity contribution >= 4 is 22.9 Å². The predicted octanol–water partition coefficient (Wildman–Crippen LogP) is 9.19. The van der Waals surface area contributed by atoms with Gasteiger partial charge in [0.05, 0.1) is 27.4 Å². The highest BCUT2D eigenvalue weighted by atomic mass is 16.6. The third-order valence-corrected chi connectivity index (χ3v) is 9.60. The van der Waals surface area contributed by atoms with Gasteiger partial charge in [-0.2, -0.15) is 0 Å². The molecule has 7 nitrogen and oxygen atoms in total. The summed E-state index contributed by atoms with van der Waals surface area (Å²) in [4.78, 5) is 12.5. The highest BCUT2D eigenvalue weighted by molar-refractivity contribution is 6.09. The predicted molar refractivity (Wildman–Crippen MR) is 198 cm³/mol. The number of hydrogen-bond donors (Lipinski definition) is 1. The average molecular weight is 668 g/mol. The van der Waals surface area contributed by atoms with Crippen molar-refractivity contribution in [2.45, 2.75) is 31.8 Å². The van der Waals surface area contributed by atoms with E-state index in [2.05, 4.69) is 80.4 Å². The van der Waals surface area contributed by atoms with Gasteiger partial charge in [-0.3, -0.25) is 0 Å². The van der Waals surface area contributed by atoms with E-state index in [4.69, 9.17) is 23.7 Å². The Morgan fingerprint density at radius 2 is 1.52 bits per heavy atom. The van der Waals surface area contributed by atoms with Gasteiger partial charge < -0.3 is 29.0 Å². The number of carbonyl (C=O) groups is 1. The Morgan fingerprint density at radius 3 is 2.22 bits per heavy atom. The van der Waals surface area contributed by atoms with Gasteiger partial charge in [0, 0.05) is 34.0 Å². The second kappa shape index (κ2) is 13.1. The van der Waals surface area contributed by atoms with E-state index in [0.29, 0.717) is 37.0 Å². The van der Waals surface area contributed by atoms with Crippen molar-refractivity contribution in [3.63, 3.8) is 0 Å². The van der Waals surface area contributed by atoms with Crippen LogP contribution in [0.3, 0.4) is 0 Å². The van der Waals surface area contributed by atoms with Crippen molar-refractivity contribution < 1.29 is 28.5 Å². The first-order chi connectivity index (χ1) is 24.2. The zero-order valence-corrected chi connectivity index (χ0v) is 29.1. The number of rotatable bonds is 10. The number of nitrogens with one attached hydrogen (secondary N) is 1. The Morgan fingerprint density at radius 1 is 0.860 bits per heavy atom. The lowest BCUT2D eigenvalue weighted by atomic mass is 9.77. The Balaban J connectivity index is 1.33. The third-order valence-electron chi connectivity index (χ3n) is 9.60. The smallest absolute Gasteiger partial charge is 0.412 e. The van der Waals surface area contributed by atoms with E-state index in [9.17, 15) is 4.79 Å². The van der Waals surface area contributed by atoms with Gasteiger partial charge in [-0.1, -0.05) is 98.8 Å². The first-order valence-electron chi connectivity index (χ1n) is 16.8. The summed E-state index contributed by atoms with van der Waals surface area (Å²) in [5.74, 6) is 2.46. The van der Waals surface area contributed by atoms with Crippen LogP contribution in [0.4, 0.5) is 4.79 Å². The minimum atomic E-state index is -0.987. The molecule has 254 valence electrons. The van der Waals surface area contributed by atoms with E-state index in [-0.39, 0.29) is 5.41 Å². The molecule has 0 fully saturated rings. The summed E-state index contributed by atoms with van der Waals surface area (Å²) < 4.78 is 30.1. The molecule has 5 aromatic rings. The summed E-state index contributed by atoms with van der Waals surface area (Å²) in [6.45, 7) is 11.4. The van der Waals surface area contributed by atoms with Gasteiger partial charge in [-0.15, -0.1) is 0 Å². The molecule has 50 heavy (non-hydrogen) atoms. The van der Waals surface area contributed by atoms with Crippen LogP contribution < -0.4 is 24.3 Å². The summed E-state index contributed by atoms with van der Waals surface area (Å²) in [5, 5.41) is 4.69. The van der Waals surface area contributed by atoms with Crippen molar-refractivity contribution in [3.05, 3.63) is 137 Å². The molecule has 5 aromatic carbocycles. The molecule has 0 saturated carbocycles. The highest BCUT2D eigenvalue weighted by Crippen LogP contribution is 2.59. The molecule has 2 aliphatic rings. The molecular weight excluding hydrogens is 626 g/mol. The lowest BCUT2D eigenvalue weighted by Gasteiger charge is -2.38. The molecule has 1 heterocycles. The molecule has 7 heteroatoms. The van der Waals surface area contributed by atoms with Gasteiger partial charge in [0.15, 0.2) is 17.1 Å². The molecule has 1 N–H and O–H groups in total. The molecule has 0 saturated heterocycles. The molecule has 1 amide bonds. The molecular formula is C43H41NO6. The first-order valence-corrected chi connectivity index (χ1v) is 16.8. The number of carbonyl (C=O) groups excluding carboxylic acids is 1. The summed E-state index contributed by atoms with van der Waals surface area (Å²) >= 11 is 0. The van der Waals surface area contributed by atoms with Crippen LogP contribution in [0.15, 0.2) is 109 Å². The van der Waals surface area contributed by atoms with Gasteiger partial charge in [0.2, 0.25) is 0 Å². The van der Waals surface area contributed by atoms with E-state index in [1.54, 1.807) is 26.4 Å². The van der Waals surface area contributed by atoms with Crippen molar-refractivity contribution in [2.75, 3.05) is 34.0 Å². The maximum absolute atomic E-state index is 12.5. The van der Waals surface area contributed by atoms with Crippen molar-refractivity contribution in [1.82, 2.24) is 5.32 Å². The SMILES string of the molecule is C=C(C)COCCNC(=O)Oc1ccc(C2(c3ccccc3)C=Cc3c4c(c5cc(OC)c(OC)cc5c3O2)-c2ccccc2C4(C)C)cc1. The summed E-state index contributed by atoms with van der Waals surface area (Å²) in [6.07, 6.45) is 3.80. The van der Waals surface area contributed by atoms with Crippen molar-refractivity contribution in [2.24, 2.45) is 0 Å². The lowest BCUT2D eigenvalue weighted by molar-refractivity contribution is 0.152. The Bertz CT molecular complexity index is 2130. The summed E-state index contributed by atoms with van der Waals surface area (Å²) in [7, 11) is 3.31. The van der Waals surface area contributed by atoms with Crippen molar-refractivity contribution in [1.29, 1.82) is 0 Å². The van der Waals surface area contributed by atoms with Gasteiger partial charge >= 0.3 is 6.09 Å². The summed E-state index contributed by atoms with van der Waals surface area (Å²) in [5.41, 5.74) is 7.40. The average Bonchev–Trinajstić information content (AvgIpc) is 3.38. The highest BCUT2D eigenvalue weighted by Gasteiger charge is 2.44.